The third-order valence-corrected chi connectivity index (χ3v) is 8.89. The maximum atomic E-state index is 13.7. The van der Waals surface area contributed by atoms with E-state index in [2.05, 4.69) is 42.3 Å². The van der Waals surface area contributed by atoms with E-state index in [9.17, 15) is 14.7 Å². The smallest absolute Gasteiger partial charge is 0.278 e. The number of hydrogen-bond donors (Lipinski definition) is 1. The number of nitrogens with zero attached hydrogens (tertiary/aromatic N) is 3. The molecule has 3 aliphatic carbocycles. The minimum atomic E-state index is -0.588. The van der Waals surface area contributed by atoms with Crippen LogP contribution in [0.5, 0.6) is 5.75 Å². The van der Waals surface area contributed by atoms with Crippen LogP contribution in [0, 0.1) is 11.8 Å². The molecule has 1 fully saturated rings. The van der Waals surface area contributed by atoms with Gasteiger partial charge in [-0.05, 0) is 66.8 Å². The average Bonchev–Trinajstić information content (AvgIpc) is 3.53. The fourth-order valence-electron chi connectivity index (χ4n) is 6.88. The number of carbonyl (C=O) groups excluding carboxylic acids is 1. The molecule has 3 aromatic rings. The molecule has 7 heteroatoms. The first kappa shape index (κ1) is 21.1. The lowest BCUT2D eigenvalue weighted by Crippen LogP contribution is -2.68. The molecule has 6 nitrogen and oxygen atoms in total. The zero-order valence-electron chi connectivity index (χ0n) is 19.4. The highest BCUT2D eigenvalue weighted by Crippen LogP contribution is 2.58. The summed E-state index contributed by atoms with van der Waals surface area (Å²) in [7, 11) is 0. The molecule has 4 aliphatic rings. The van der Waals surface area contributed by atoms with Crippen LogP contribution < -0.4 is 10.4 Å². The first-order valence-corrected chi connectivity index (χ1v) is 12.7. The Morgan fingerprint density at radius 3 is 2.60 bits per heavy atom. The van der Waals surface area contributed by atoms with Gasteiger partial charge in [0.05, 0.1) is 0 Å². The summed E-state index contributed by atoms with van der Waals surface area (Å²) in [6.45, 7) is 2.68. The molecule has 0 saturated heterocycles. The lowest BCUT2D eigenvalue weighted by atomic mass is 9.81. The van der Waals surface area contributed by atoms with Crippen LogP contribution in [0.25, 0.3) is 0 Å². The number of hydrogen-bond acceptors (Lipinski definition) is 4. The summed E-state index contributed by atoms with van der Waals surface area (Å²) in [6, 6.07) is 16.0. The summed E-state index contributed by atoms with van der Waals surface area (Å²) in [5.74, 6) is -0.123. The maximum absolute atomic E-state index is 13.7. The molecule has 1 N–H and O–H groups in total. The van der Waals surface area contributed by atoms with Crippen LogP contribution in [-0.2, 0) is 18.4 Å². The highest BCUT2D eigenvalue weighted by molar-refractivity contribution is 6.31. The van der Waals surface area contributed by atoms with Crippen LogP contribution in [0.3, 0.4) is 0 Å². The van der Waals surface area contributed by atoms with Gasteiger partial charge in [-0.2, -0.15) is 0 Å². The van der Waals surface area contributed by atoms with Gasteiger partial charge < -0.3 is 10.0 Å². The number of benzene rings is 2. The predicted molar refractivity (Wildman–Crippen MR) is 133 cm³/mol. The molecule has 3 unspecified atom stereocenters. The summed E-state index contributed by atoms with van der Waals surface area (Å²) in [4.78, 5) is 28.1. The molecule has 1 amide bonds. The quantitative estimate of drug-likeness (QED) is 0.606. The fourth-order valence-corrected chi connectivity index (χ4v) is 7.14. The third-order valence-electron chi connectivity index (χ3n) is 8.53. The number of pyridine rings is 1. The predicted octanol–water partition coefficient (Wildman–Crippen LogP) is 4.03. The van der Waals surface area contributed by atoms with Gasteiger partial charge >= 0.3 is 0 Å². The van der Waals surface area contributed by atoms with Gasteiger partial charge in [-0.3, -0.25) is 19.3 Å². The summed E-state index contributed by atoms with van der Waals surface area (Å²) >= 11 is 6.75. The number of rotatable bonds is 3. The lowest BCUT2D eigenvalue weighted by molar-refractivity contribution is 0.0502. The zero-order valence-corrected chi connectivity index (χ0v) is 20.2. The van der Waals surface area contributed by atoms with E-state index in [1.54, 1.807) is 10.9 Å². The minimum Gasteiger partial charge on any atom is -0.502 e. The fraction of sp³-hybridized carbons (Fsp3) is 0.357. The largest absolute Gasteiger partial charge is 0.502 e. The number of aromatic hydroxyl groups is 1. The molecule has 3 atom stereocenters. The van der Waals surface area contributed by atoms with Crippen molar-refractivity contribution in [3.05, 3.63) is 97.9 Å². The molecular weight excluding hydrogens is 462 g/mol. The topological polar surface area (TPSA) is 65.8 Å². The lowest BCUT2D eigenvalue weighted by Gasteiger charge is -2.54. The normalized spacial score (nSPS) is 26.4. The summed E-state index contributed by atoms with van der Waals surface area (Å²) in [5.41, 5.74) is 3.67. The summed E-state index contributed by atoms with van der Waals surface area (Å²) < 4.78 is 1.75. The van der Waals surface area contributed by atoms with Crippen LogP contribution in [0.1, 0.15) is 52.5 Å². The summed E-state index contributed by atoms with van der Waals surface area (Å²) in [6.07, 6.45) is 5.26. The molecule has 0 radical (unpaired) electrons. The molecule has 35 heavy (non-hydrogen) atoms. The van der Waals surface area contributed by atoms with Gasteiger partial charge in [-0.15, -0.1) is 0 Å². The Balaban J connectivity index is 1.56. The Kier molecular flexibility index (Phi) is 4.30. The van der Waals surface area contributed by atoms with Gasteiger partial charge in [0, 0.05) is 29.7 Å². The molecule has 7 rings (SSSR count). The van der Waals surface area contributed by atoms with E-state index in [4.69, 9.17) is 11.6 Å². The van der Waals surface area contributed by atoms with Crippen LogP contribution in [0.4, 0.5) is 0 Å². The van der Waals surface area contributed by atoms with Gasteiger partial charge in [0.1, 0.15) is 11.7 Å². The molecule has 0 spiro atoms. The second-order valence-corrected chi connectivity index (χ2v) is 10.8. The van der Waals surface area contributed by atoms with Crippen molar-refractivity contribution in [3.63, 3.8) is 0 Å². The number of amides is 1. The average molecular weight is 488 g/mol. The first-order chi connectivity index (χ1) is 16.9. The molecule has 2 aromatic carbocycles. The number of aromatic nitrogens is 1. The molecular formula is C28H26ClN3O3. The Labute approximate surface area is 208 Å². The van der Waals surface area contributed by atoms with E-state index in [1.807, 2.05) is 17.0 Å². The van der Waals surface area contributed by atoms with Crippen LogP contribution in [0.15, 0.2) is 59.5 Å². The van der Waals surface area contributed by atoms with Crippen LogP contribution >= 0.6 is 11.6 Å². The molecule has 1 saturated carbocycles. The van der Waals surface area contributed by atoms with Gasteiger partial charge in [-0.25, -0.2) is 0 Å². The van der Waals surface area contributed by atoms with E-state index in [1.165, 1.54) is 17.2 Å². The van der Waals surface area contributed by atoms with Crippen molar-refractivity contribution in [2.75, 3.05) is 11.6 Å². The molecule has 0 bridgehead atoms. The molecule has 1 aromatic heterocycles. The molecule has 1 aliphatic heterocycles. The van der Waals surface area contributed by atoms with Crippen molar-refractivity contribution < 1.29 is 9.90 Å². The van der Waals surface area contributed by atoms with Crippen LogP contribution in [0.2, 0.25) is 5.02 Å². The monoisotopic (exact) mass is 487 g/mol. The van der Waals surface area contributed by atoms with Crippen molar-refractivity contribution in [1.29, 1.82) is 0 Å². The zero-order chi connectivity index (χ0) is 24.1. The highest BCUT2D eigenvalue weighted by atomic mass is 35.5. The number of fused-ring (bicyclic) bond motifs is 6. The molecule has 2 heterocycles. The van der Waals surface area contributed by atoms with Gasteiger partial charge in [0.15, 0.2) is 11.4 Å². The Bertz CT molecular complexity index is 1460. The number of halogens is 1. The van der Waals surface area contributed by atoms with E-state index in [0.717, 1.165) is 41.8 Å². The second kappa shape index (κ2) is 7.14. The summed E-state index contributed by atoms with van der Waals surface area (Å²) in [5, 5.41) is 13.9. The van der Waals surface area contributed by atoms with Crippen molar-refractivity contribution in [1.82, 2.24) is 9.58 Å². The van der Waals surface area contributed by atoms with Gasteiger partial charge in [0.2, 0.25) is 5.43 Å². The van der Waals surface area contributed by atoms with Crippen LogP contribution in [-0.4, -0.2) is 33.3 Å². The van der Waals surface area contributed by atoms with Crippen molar-refractivity contribution in [3.8, 4) is 5.75 Å². The first-order valence-electron chi connectivity index (χ1n) is 12.3. The standard InChI is InChI=1S/C28H26ClN3O3/c1-16-30(15-17-9-10-17)27(35)25-26(34)24(33)11-12-31(25)32(16)28-19(13-18-5-2-3-6-21(18)28)14-20-22(28)7-4-8-23(20)29/h2-8,11-12,16-17,19,34H,9-10,13-15H2,1H3. The Hall–Kier alpha value is -3.25. The number of carbonyl (C=O) groups is 1. The second-order valence-electron chi connectivity index (χ2n) is 10.4. The van der Waals surface area contributed by atoms with Crippen molar-refractivity contribution in [2.45, 2.75) is 44.3 Å². The highest BCUT2D eigenvalue weighted by Gasteiger charge is 2.60. The van der Waals surface area contributed by atoms with E-state index >= 15 is 0 Å². The minimum absolute atomic E-state index is 0.0456. The Morgan fingerprint density at radius 1 is 1.03 bits per heavy atom. The van der Waals surface area contributed by atoms with Crippen molar-refractivity contribution >= 4 is 17.5 Å². The van der Waals surface area contributed by atoms with Crippen molar-refractivity contribution in [2.24, 2.45) is 11.8 Å². The van der Waals surface area contributed by atoms with E-state index in [0.29, 0.717) is 12.5 Å². The van der Waals surface area contributed by atoms with E-state index in [-0.39, 0.29) is 23.7 Å². The maximum Gasteiger partial charge on any atom is 0.278 e. The van der Waals surface area contributed by atoms with E-state index < -0.39 is 16.7 Å². The molecule has 178 valence electrons. The SMILES string of the molecule is CC1N(CC2CC2)C(=O)c2c(O)c(=O)ccn2N1C12c3ccccc3CC1Cc1c(Cl)cccc12. The van der Waals surface area contributed by atoms with Gasteiger partial charge in [-0.1, -0.05) is 48.0 Å². The van der Waals surface area contributed by atoms with Gasteiger partial charge in [0.25, 0.3) is 5.91 Å². The Morgan fingerprint density at radius 2 is 1.80 bits per heavy atom. The third kappa shape index (κ3) is 2.66.